The first-order valence-electron chi connectivity index (χ1n) is 4.92. The van der Waals surface area contributed by atoms with Crippen molar-refractivity contribution in [2.45, 2.75) is 13.3 Å². The maximum Gasteiger partial charge on any atom is 0.346 e. The van der Waals surface area contributed by atoms with E-state index in [9.17, 15) is 4.79 Å². The van der Waals surface area contributed by atoms with Gasteiger partial charge in [-0.1, -0.05) is 6.92 Å². The molecule has 6 nitrogen and oxygen atoms in total. The molecule has 0 unspecified atom stereocenters. The fraction of sp³-hybridized carbons (Fsp3) is 0.200. The number of aromatic nitrogens is 4. The van der Waals surface area contributed by atoms with Crippen molar-refractivity contribution in [3.05, 3.63) is 34.8 Å². The molecule has 16 heavy (non-hydrogen) atoms. The highest BCUT2D eigenvalue weighted by molar-refractivity contribution is 5.77. The average molecular weight is 216 g/mol. The second kappa shape index (κ2) is 3.13. The van der Waals surface area contributed by atoms with Crippen molar-refractivity contribution in [2.75, 3.05) is 0 Å². The van der Waals surface area contributed by atoms with E-state index in [2.05, 4.69) is 15.1 Å². The molecule has 0 saturated heterocycles. The molecule has 3 rings (SSSR count). The van der Waals surface area contributed by atoms with Gasteiger partial charge in [0.15, 0.2) is 5.82 Å². The Kier molecular flexibility index (Phi) is 1.76. The lowest BCUT2D eigenvalue weighted by Crippen LogP contribution is -2.03. The van der Waals surface area contributed by atoms with Crippen molar-refractivity contribution in [2.24, 2.45) is 0 Å². The molecule has 0 bridgehead atoms. The maximum atomic E-state index is 11.4. The van der Waals surface area contributed by atoms with E-state index in [1.807, 2.05) is 6.92 Å². The molecule has 0 aliphatic carbocycles. The van der Waals surface area contributed by atoms with Gasteiger partial charge in [0.1, 0.15) is 5.39 Å². The Balaban J connectivity index is 2.53. The van der Waals surface area contributed by atoms with E-state index in [1.165, 1.54) is 12.5 Å². The van der Waals surface area contributed by atoms with Crippen molar-refractivity contribution in [1.29, 1.82) is 0 Å². The molecule has 3 heterocycles. The Morgan fingerprint density at radius 3 is 3.19 bits per heavy atom. The summed E-state index contributed by atoms with van der Waals surface area (Å²) in [7, 11) is 0. The Morgan fingerprint density at radius 1 is 1.50 bits per heavy atom. The SMILES string of the molecule is CCc1nc2ncc3c(=O)occc3n2n1. The van der Waals surface area contributed by atoms with E-state index in [1.54, 1.807) is 10.6 Å². The summed E-state index contributed by atoms with van der Waals surface area (Å²) in [6.07, 6.45) is 3.54. The minimum absolute atomic E-state index is 0.405. The van der Waals surface area contributed by atoms with Crippen LogP contribution in [0.25, 0.3) is 16.7 Å². The Morgan fingerprint density at radius 2 is 2.38 bits per heavy atom. The lowest BCUT2D eigenvalue weighted by molar-refractivity contribution is 0.518. The molecular weight excluding hydrogens is 208 g/mol. The van der Waals surface area contributed by atoms with Gasteiger partial charge in [-0.3, -0.25) is 0 Å². The molecule has 3 aromatic rings. The van der Waals surface area contributed by atoms with Crippen LogP contribution in [0.1, 0.15) is 12.7 Å². The normalized spacial score (nSPS) is 11.3. The fourth-order valence-electron chi connectivity index (χ4n) is 1.58. The summed E-state index contributed by atoms with van der Waals surface area (Å²) in [6, 6.07) is 1.68. The van der Waals surface area contributed by atoms with Crippen LogP contribution in [0.5, 0.6) is 0 Å². The second-order valence-electron chi connectivity index (χ2n) is 3.36. The third kappa shape index (κ3) is 1.13. The molecule has 6 heteroatoms. The first-order chi connectivity index (χ1) is 7.79. The number of fused-ring (bicyclic) bond motifs is 3. The van der Waals surface area contributed by atoms with Gasteiger partial charge in [0.05, 0.1) is 11.8 Å². The van der Waals surface area contributed by atoms with Crippen LogP contribution in [0.15, 0.2) is 27.7 Å². The number of hydrogen-bond acceptors (Lipinski definition) is 5. The van der Waals surface area contributed by atoms with Crippen LogP contribution in [0, 0.1) is 0 Å². The molecule has 0 aliphatic heterocycles. The predicted molar refractivity (Wildman–Crippen MR) is 56.2 cm³/mol. The van der Waals surface area contributed by atoms with Gasteiger partial charge in [-0.2, -0.15) is 9.50 Å². The first-order valence-corrected chi connectivity index (χ1v) is 4.92. The quantitative estimate of drug-likeness (QED) is 0.601. The lowest BCUT2D eigenvalue weighted by atomic mass is 10.3. The number of hydrogen-bond donors (Lipinski definition) is 0. The molecule has 0 fully saturated rings. The van der Waals surface area contributed by atoms with E-state index < -0.39 is 5.63 Å². The number of aryl methyl sites for hydroxylation is 1. The largest absolute Gasteiger partial charge is 0.431 e. The summed E-state index contributed by atoms with van der Waals surface area (Å²) in [5, 5.41) is 4.67. The van der Waals surface area contributed by atoms with Gasteiger partial charge < -0.3 is 4.42 Å². The Hall–Kier alpha value is -2.24. The molecule has 0 N–H and O–H groups in total. The van der Waals surface area contributed by atoms with Crippen molar-refractivity contribution in [3.8, 4) is 0 Å². The molecule has 3 aromatic heterocycles. The van der Waals surface area contributed by atoms with Gasteiger partial charge >= 0.3 is 5.63 Å². The van der Waals surface area contributed by atoms with Crippen molar-refractivity contribution < 1.29 is 4.42 Å². The summed E-state index contributed by atoms with van der Waals surface area (Å²) < 4.78 is 6.33. The Bertz CT molecular complexity index is 728. The first kappa shape index (κ1) is 9.02. The third-order valence-electron chi connectivity index (χ3n) is 2.38. The van der Waals surface area contributed by atoms with Crippen LogP contribution in [-0.2, 0) is 6.42 Å². The zero-order valence-corrected chi connectivity index (χ0v) is 8.54. The fourth-order valence-corrected chi connectivity index (χ4v) is 1.58. The molecule has 0 atom stereocenters. The van der Waals surface area contributed by atoms with Crippen LogP contribution in [-0.4, -0.2) is 19.6 Å². The molecule has 80 valence electrons. The molecule has 0 amide bonds. The number of rotatable bonds is 1. The molecule has 0 radical (unpaired) electrons. The highest BCUT2D eigenvalue weighted by Crippen LogP contribution is 2.09. The second-order valence-corrected chi connectivity index (χ2v) is 3.36. The summed E-state index contributed by atoms with van der Waals surface area (Å²) in [6.45, 7) is 1.96. The summed E-state index contributed by atoms with van der Waals surface area (Å²) in [5.41, 5.74) is 0.244. The zero-order chi connectivity index (χ0) is 11.1. The van der Waals surface area contributed by atoms with Gasteiger partial charge in [-0.25, -0.2) is 9.78 Å². The van der Waals surface area contributed by atoms with Crippen molar-refractivity contribution in [1.82, 2.24) is 19.6 Å². The minimum atomic E-state index is -0.416. The van der Waals surface area contributed by atoms with E-state index in [4.69, 9.17) is 4.42 Å². The van der Waals surface area contributed by atoms with E-state index in [0.717, 1.165) is 6.42 Å². The van der Waals surface area contributed by atoms with Crippen LogP contribution in [0.3, 0.4) is 0 Å². The van der Waals surface area contributed by atoms with Gasteiger partial charge in [-0.05, 0) is 0 Å². The summed E-state index contributed by atoms with van der Waals surface area (Å²) in [4.78, 5) is 19.7. The van der Waals surface area contributed by atoms with Crippen molar-refractivity contribution >= 4 is 16.7 Å². The smallest absolute Gasteiger partial charge is 0.346 e. The minimum Gasteiger partial charge on any atom is -0.431 e. The van der Waals surface area contributed by atoms with E-state index >= 15 is 0 Å². The average Bonchev–Trinajstić information content (AvgIpc) is 2.72. The maximum absolute atomic E-state index is 11.4. The lowest BCUT2D eigenvalue weighted by Gasteiger charge is -1.96. The van der Waals surface area contributed by atoms with Gasteiger partial charge in [-0.15, -0.1) is 5.10 Å². The monoisotopic (exact) mass is 216 g/mol. The Labute approximate surface area is 89.6 Å². The number of nitrogens with zero attached hydrogens (tertiary/aromatic N) is 4. The molecular formula is C10H8N4O2. The van der Waals surface area contributed by atoms with Crippen LogP contribution in [0.4, 0.5) is 0 Å². The standard InChI is InChI=1S/C10H8N4O2/c1-2-8-12-10-11-5-6-7(14(10)13-8)3-4-16-9(6)15/h3-5H,2H2,1H3. The highest BCUT2D eigenvalue weighted by atomic mass is 16.4. The van der Waals surface area contributed by atoms with Crippen molar-refractivity contribution in [3.63, 3.8) is 0 Å². The summed E-state index contributed by atoms with van der Waals surface area (Å²) >= 11 is 0. The predicted octanol–water partition coefficient (Wildman–Crippen LogP) is 0.793. The zero-order valence-electron chi connectivity index (χ0n) is 8.54. The van der Waals surface area contributed by atoms with E-state index in [-0.39, 0.29) is 0 Å². The van der Waals surface area contributed by atoms with Crippen LogP contribution >= 0.6 is 0 Å². The van der Waals surface area contributed by atoms with Gasteiger partial charge in [0.25, 0.3) is 5.78 Å². The van der Waals surface area contributed by atoms with E-state index in [0.29, 0.717) is 22.5 Å². The van der Waals surface area contributed by atoms with Gasteiger partial charge in [0.2, 0.25) is 0 Å². The highest BCUT2D eigenvalue weighted by Gasteiger charge is 2.08. The summed E-state index contributed by atoms with van der Waals surface area (Å²) in [5.74, 6) is 1.20. The van der Waals surface area contributed by atoms with Crippen LogP contribution in [0.2, 0.25) is 0 Å². The topological polar surface area (TPSA) is 73.3 Å². The molecule has 0 saturated carbocycles. The third-order valence-corrected chi connectivity index (χ3v) is 2.38. The molecule has 0 spiro atoms. The van der Waals surface area contributed by atoms with Crippen LogP contribution < -0.4 is 5.63 Å². The molecule has 0 aromatic carbocycles. The molecule has 0 aliphatic rings. The van der Waals surface area contributed by atoms with Gasteiger partial charge in [0, 0.05) is 18.7 Å².